The first-order valence-corrected chi connectivity index (χ1v) is 5.34. The predicted molar refractivity (Wildman–Crippen MR) is 63.1 cm³/mol. The van der Waals surface area contributed by atoms with Crippen LogP contribution in [0.3, 0.4) is 0 Å². The highest BCUT2D eigenvalue weighted by atomic mass is 15.0. The van der Waals surface area contributed by atoms with Gasteiger partial charge in [-0.05, 0) is 19.1 Å². The van der Waals surface area contributed by atoms with Crippen LogP contribution in [0, 0.1) is 0 Å². The molecule has 0 radical (unpaired) electrons. The molecule has 78 valence electrons. The molecule has 3 heteroatoms. The average molecular weight is 201 g/mol. The summed E-state index contributed by atoms with van der Waals surface area (Å²) in [7, 11) is 0. The Hall–Kier alpha value is -1.64. The van der Waals surface area contributed by atoms with Crippen molar-refractivity contribution in [3.05, 3.63) is 30.1 Å². The van der Waals surface area contributed by atoms with Gasteiger partial charge in [0.2, 0.25) is 0 Å². The summed E-state index contributed by atoms with van der Waals surface area (Å²) in [5, 5.41) is 4.37. The van der Waals surface area contributed by atoms with Crippen LogP contribution in [0.2, 0.25) is 0 Å². The lowest BCUT2D eigenvalue weighted by atomic mass is 10.2. The molecule has 1 aromatic carbocycles. The Bertz CT molecular complexity index is 465. The van der Waals surface area contributed by atoms with E-state index in [4.69, 9.17) is 0 Å². The number of hydrogen-bond acceptors (Lipinski definition) is 3. The molecule has 1 heterocycles. The molecule has 0 unspecified atom stereocenters. The number of aryl methyl sites for hydroxylation is 1. The zero-order chi connectivity index (χ0) is 10.7. The molecule has 0 amide bonds. The minimum absolute atomic E-state index is 0.864. The molecule has 0 saturated heterocycles. The molecule has 0 fully saturated rings. The second-order valence-electron chi connectivity index (χ2n) is 3.39. The fourth-order valence-corrected chi connectivity index (χ4v) is 1.59. The Morgan fingerprint density at radius 2 is 1.93 bits per heavy atom. The molecule has 15 heavy (non-hydrogen) atoms. The summed E-state index contributed by atoms with van der Waals surface area (Å²) in [5.74, 6) is 1.84. The minimum atomic E-state index is 0.864. The first-order chi connectivity index (χ1) is 7.35. The molecule has 2 aromatic rings. The molecule has 0 atom stereocenters. The zero-order valence-corrected chi connectivity index (χ0v) is 9.12. The van der Waals surface area contributed by atoms with Gasteiger partial charge in [-0.25, -0.2) is 9.97 Å². The quantitative estimate of drug-likeness (QED) is 0.829. The summed E-state index contributed by atoms with van der Waals surface area (Å²) in [4.78, 5) is 8.97. The molecule has 0 aliphatic heterocycles. The Balaban J connectivity index is 2.63. The summed E-state index contributed by atoms with van der Waals surface area (Å²) in [5.41, 5.74) is 1.01. The maximum atomic E-state index is 4.49. The van der Waals surface area contributed by atoms with Crippen molar-refractivity contribution in [2.24, 2.45) is 0 Å². The number of fused-ring (bicyclic) bond motifs is 1. The molecule has 0 saturated carbocycles. The Morgan fingerprint density at radius 3 is 2.67 bits per heavy atom. The number of anilines is 1. The van der Waals surface area contributed by atoms with E-state index in [1.54, 1.807) is 0 Å². The van der Waals surface area contributed by atoms with Crippen molar-refractivity contribution in [1.29, 1.82) is 0 Å². The summed E-state index contributed by atoms with van der Waals surface area (Å²) in [6.45, 7) is 5.02. The van der Waals surface area contributed by atoms with Gasteiger partial charge in [-0.2, -0.15) is 0 Å². The van der Waals surface area contributed by atoms with Crippen LogP contribution in [0.25, 0.3) is 10.9 Å². The fraction of sp³-hybridized carbons (Fsp3) is 0.333. The van der Waals surface area contributed by atoms with Crippen molar-refractivity contribution in [1.82, 2.24) is 9.97 Å². The number of nitrogens with one attached hydrogen (secondary N) is 1. The number of nitrogens with zero attached hydrogens (tertiary/aromatic N) is 2. The van der Waals surface area contributed by atoms with E-state index >= 15 is 0 Å². The predicted octanol–water partition coefficient (Wildman–Crippen LogP) is 2.62. The van der Waals surface area contributed by atoms with Crippen molar-refractivity contribution < 1.29 is 0 Å². The van der Waals surface area contributed by atoms with E-state index in [0.717, 1.165) is 35.5 Å². The van der Waals surface area contributed by atoms with Crippen LogP contribution in [0.15, 0.2) is 24.3 Å². The molecule has 0 aliphatic rings. The molecule has 1 aromatic heterocycles. The van der Waals surface area contributed by atoms with E-state index in [0.29, 0.717) is 0 Å². The topological polar surface area (TPSA) is 37.8 Å². The van der Waals surface area contributed by atoms with Gasteiger partial charge in [-0.3, -0.25) is 0 Å². The third kappa shape index (κ3) is 1.91. The van der Waals surface area contributed by atoms with Gasteiger partial charge in [-0.1, -0.05) is 19.1 Å². The molecule has 0 bridgehead atoms. The second-order valence-corrected chi connectivity index (χ2v) is 3.39. The summed E-state index contributed by atoms with van der Waals surface area (Å²) in [6, 6.07) is 8.09. The molecule has 0 spiro atoms. The van der Waals surface area contributed by atoms with E-state index in [1.807, 2.05) is 24.3 Å². The van der Waals surface area contributed by atoms with Gasteiger partial charge in [0.25, 0.3) is 0 Å². The van der Waals surface area contributed by atoms with Crippen molar-refractivity contribution in [2.75, 3.05) is 11.9 Å². The maximum Gasteiger partial charge on any atom is 0.137 e. The van der Waals surface area contributed by atoms with E-state index in [9.17, 15) is 0 Å². The van der Waals surface area contributed by atoms with Crippen molar-refractivity contribution in [3.8, 4) is 0 Å². The fourth-order valence-electron chi connectivity index (χ4n) is 1.59. The lowest BCUT2D eigenvalue weighted by molar-refractivity contribution is 0.957. The van der Waals surface area contributed by atoms with Gasteiger partial charge in [0, 0.05) is 18.4 Å². The molecule has 3 nitrogen and oxygen atoms in total. The Morgan fingerprint density at radius 1 is 1.13 bits per heavy atom. The zero-order valence-electron chi connectivity index (χ0n) is 9.12. The number of rotatable bonds is 3. The van der Waals surface area contributed by atoms with Crippen molar-refractivity contribution in [2.45, 2.75) is 20.3 Å². The van der Waals surface area contributed by atoms with Crippen LogP contribution in [0.5, 0.6) is 0 Å². The smallest absolute Gasteiger partial charge is 0.137 e. The van der Waals surface area contributed by atoms with Crippen LogP contribution in [-0.2, 0) is 6.42 Å². The first-order valence-electron chi connectivity index (χ1n) is 5.34. The molecular weight excluding hydrogens is 186 g/mol. The maximum absolute atomic E-state index is 4.49. The Kier molecular flexibility index (Phi) is 2.81. The van der Waals surface area contributed by atoms with Crippen molar-refractivity contribution >= 4 is 16.7 Å². The summed E-state index contributed by atoms with van der Waals surface area (Å²) < 4.78 is 0. The van der Waals surface area contributed by atoms with Gasteiger partial charge in [0.05, 0.1) is 5.52 Å². The largest absolute Gasteiger partial charge is 0.370 e. The van der Waals surface area contributed by atoms with Crippen LogP contribution < -0.4 is 5.32 Å². The summed E-state index contributed by atoms with van der Waals surface area (Å²) in [6.07, 6.45) is 0.864. The Labute approximate surface area is 89.6 Å². The second kappa shape index (κ2) is 4.26. The highest BCUT2D eigenvalue weighted by Gasteiger charge is 2.04. The van der Waals surface area contributed by atoms with E-state index in [1.165, 1.54) is 0 Å². The highest BCUT2D eigenvalue weighted by molar-refractivity contribution is 5.88. The number of para-hydroxylation sites is 1. The van der Waals surface area contributed by atoms with Crippen LogP contribution >= 0.6 is 0 Å². The van der Waals surface area contributed by atoms with Crippen LogP contribution in [0.1, 0.15) is 19.7 Å². The van der Waals surface area contributed by atoms with Gasteiger partial charge in [0.15, 0.2) is 0 Å². The number of aromatic nitrogens is 2. The third-order valence-corrected chi connectivity index (χ3v) is 2.31. The van der Waals surface area contributed by atoms with Crippen LogP contribution in [-0.4, -0.2) is 16.5 Å². The standard InChI is InChI=1S/C12H15N3/c1-3-11-14-10-8-6-5-7-9(10)12(15-11)13-4-2/h5-8H,3-4H2,1-2H3,(H,13,14,15). The minimum Gasteiger partial charge on any atom is -0.370 e. The number of hydrogen-bond donors (Lipinski definition) is 1. The monoisotopic (exact) mass is 201 g/mol. The van der Waals surface area contributed by atoms with E-state index in [-0.39, 0.29) is 0 Å². The highest BCUT2D eigenvalue weighted by Crippen LogP contribution is 2.19. The van der Waals surface area contributed by atoms with Gasteiger partial charge in [0.1, 0.15) is 11.6 Å². The molecule has 2 rings (SSSR count). The third-order valence-electron chi connectivity index (χ3n) is 2.31. The first kappa shape index (κ1) is 9.90. The lowest BCUT2D eigenvalue weighted by Gasteiger charge is -2.08. The molecule has 1 N–H and O–H groups in total. The average Bonchev–Trinajstić information content (AvgIpc) is 2.29. The molecule has 0 aliphatic carbocycles. The van der Waals surface area contributed by atoms with Gasteiger partial charge >= 0.3 is 0 Å². The van der Waals surface area contributed by atoms with Gasteiger partial charge < -0.3 is 5.32 Å². The van der Waals surface area contributed by atoms with Crippen LogP contribution in [0.4, 0.5) is 5.82 Å². The normalized spacial score (nSPS) is 10.5. The van der Waals surface area contributed by atoms with E-state index in [2.05, 4.69) is 29.1 Å². The van der Waals surface area contributed by atoms with Crippen molar-refractivity contribution in [3.63, 3.8) is 0 Å². The SMILES string of the molecule is CCNc1nc(CC)nc2ccccc12. The number of benzene rings is 1. The summed E-state index contributed by atoms with van der Waals surface area (Å²) >= 11 is 0. The van der Waals surface area contributed by atoms with Gasteiger partial charge in [-0.15, -0.1) is 0 Å². The molecular formula is C12H15N3. The lowest BCUT2D eigenvalue weighted by Crippen LogP contribution is -2.04. The van der Waals surface area contributed by atoms with E-state index < -0.39 is 0 Å².